The molecule has 0 unspecified atom stereocenters. The molecule has 1 amide bonds. The van der Waals surface area contributed by atoms with Crippen molar-refractivity contribution in [1.82, 2.24) is 43.7 Å². The Bertz CT molecular complexity index is 1650. The van der Waals surface area contributed by atoms with Gasteiger partial charge in [-0.15, -0.1) is 5.10 Å². The molecule has 1 atom stereocenters. The highest BCUT2D eigenvalue weighted by Crippen LogP contribution is 2.20. The maximum Gasteiger partial charge on any atom is 0.410 e. The summed E-state index contributed by atoms with van der Waals surface area (Å²) in [6, 6.07) is 10.3. The van der Waals surface area contributed by atoms with Gasteiger partial charge in [0.15, 0.2) is 0 Å². The zero-order valence-corrected chi connectivity index (χ0v) is 23.9. The summed E-state index contributed by atoms with van der Waals surface area (Å²) in [5.41, 5.74) is 5.13. The number of pyridine rings is 2. The monoisotopic (exact) mass is 553 g/mol. The van der Waals surface area contributed by atoms with Gasteiger partial charge in [-0.05, 0) is 57.5 Å². The van der Waals surface area contributed by atoms with Crippen LogP contribution in [0.15, 0.2) is 73.7 Å². The molecule has 0 N–H and O–H groups in total. The minimum absolute atomic E-state index is 0.0851. The molecule has 1 fully saturated rings. The Morgan fingerprint density at radius 2 is 1.88 bits per heavy atom. The fourth-order valence-electron chi connectivity index (χ4n) is 5.18. The second-order valence-electron chi connectivity index (χ2n) is 11.6. The van der Waals surface area contributed by atoms with Crippen molar-refractivity contribution in [2.24, 2.45) is 0 Å². The van der Waals surface area contributed by atoms with Crippen LogP contribution in [0.5, 0.6) is 0 Å². The molecule has 6 heterocycles. The van der Waals surface area contributed by atoms with Gasteiger partial charge in [0.1, 0.15) is 16.9 Å². The Labute approximate surface area is 239 Å². The first-order valence-electron chi connectivity index (χ1n) is 13.9. The van der Waals surface area contributed by atoms with Gasteiger partial charge in [0.25, 0.3) is 0 Å². The van der Waals surface area contributed by atoms with Gasteiger partial charge in [-0.3, -0.25) is 9.88 Å². The maximum absolute atomic E-state index is 12.6. The number of imidazole rings is 1. The third-order valence-electron chi connectivity index (χ3n) is 7.09. The third-order valence-corrected chi connectivity index (χ3v) is 7.09. The minimum atomic E-state index is -0.490. The molecule has 5 aromatic rings. The average Bonchev–Trinajstić information content (AvgIpc) is 3.69. The topological polar surface area (TPSA) is 98.6 Å². The van der Waals surface area contributed by atoms with E-state index >= 15 is 0 Å². The van der Waals surface area contributed by atoms with Crippen LogP contribution in [0.2, 0.25) is 0 Å². The van der Waals surface area contributed by atoms with Crippen LogP contribution >= 0.6 is 0 Å². The Morgan fingerprint density at radius 3 is 2.66 bits per heavy atom. The molecule has 0 bridgehead atoms. The van der Waals surface area contributed by atoms with E-state index in [1.54, 1.807) is 10.9 Å². The van der Waals surface area contributed by atoms with Crippen LogP contribution in [0.4, 0.5) is 4.79 Å². The van der Waals surface area contributed by atoms with Crippen molar-refractivity contribution in [3.8, 4) is 16.9 Å². The minimum Gasteiger partial charge on any atom is -0.444 e. The van der Waals surface area contributed by atoms with Gasteiger partial charge >= 0.3 is 6.09 Å². The number of carbonyl (C=O) groups is 1. The molecule has 1 aliphatic rings. The summed E-state index contributed by atoms with van der Waals surface area (Å²) in [7, 11) is 0. The Kier molecular flexibility index (Phi) is 7.04. The molecular weight excluding hydrogens is 518 g/mol. The van der Waals surface area contributed by atoms with E-state index in [4.69, 9.17) is 9.72 Å². The van der Waals surface area contributed by atoms with Crippen LogP contribution in [0, 0.1) is 0 Å². The third kappa shape index (κ3) is 6.14. The van der Waals surface area contributed by atoms with E-state index < -0.39 is 5.60 Å². The highest BCUT2D eigenvalue weighted by molar-refractivity contribution is 5.68. The van der Waals surface area contributed by atoms with E-state index in [2.05, 4.69) is 43.8 Å². The predicted molar refractivity (Wildman–Crippen MR) is 155 cm³/mol. The lowest BCUT2D eigenvalue weighted by molar-refractivity contribution is 0.000546. The normalized spacial score (nSPS) is 16.4. The first-order valence-corrected chi connectivity index (χ1v) is 13.9. The smallest absolute Gasteiger partial charge is 0.410 e. The highest BCUT2D eigenvalue weighted by Gasteiger charge is 2.30. The zero-order chi connectivity index (χ0) is 28.6. The van der Waals surface area contributed by atoms with E-state index in [1.807, 2.05) is 85.5 Å². The van der Waals surface area contributed by atoms with Crippen LogP contribution in [0.1, 0.15) is 39.0 Å². The van der Waals surface area contributed by atoms with Gasteiger partial charge in [-0.1, -0.05) is 11.3 Å². The second kappa shape index (κ2) is 10.8. The summed E-state index contributed by atoms with van der Waals surface area (Å²) in [5.74, 6) is 0. The van der Waals surface area contributed by atoms with Gasteiger partial charge in [0.05, 0.1) is 30.3 Å². The lowest BCUT2D eigenvalue weighted by Gasteiger charge is -2.40. The summed E-state index contributed by atoms with van der Waals surface area (Å²) in [6.07, 6.45) is 13.4. The SMILES string of the molecule is C[C@@H]1CN(Cc2ccc3nc(Cn4cc(-c5cncc(-n6cccc6)c5)nn4)cn3c2)CCN1C(=O)OC(C)(C)C. The highest BCUT2D eigenvalue weighted by atomic mass is 16.6. The number of amides is 1. The fourth-order valence-corrected chi connectivity index (χ4v) is 5.18. The standard InChI is InChI=1S/C30H35N9O2/c1-22-16-35(11-12-39(22)29(40)41-30(2,3)4)17-23-7-8-28-32-25(19-37(28)18-23)20-38-21-27(33-34-38)24-13-26(15-31-14-24)36-9-5-6-10-36/h5-10,13-15,18-19,21-22H,11-12,16-17,20H2,1-4H3/t22-/m1/s1. The summed E-state index contributed by atoms with van der Waals surface area (Å²) >= 11 is 0. The van der Waals surface area contributed by atoms with Crippen molar-refractivity contribution < 1.29 is 9.53 Å². The van der Waals surface area contributed by atoms with Crippen LogP contribution in [0.3, 0.4) is 0 Å². The number of hydrogen-bond donors (Lipinski definition) is 0. The van der Waals surface area contributed by atoms with Crippen LogP contribution in [-0.2, 0) is 17.8 Å². The predicted octanol–water partition coefficient (Wildman–Crippen LogP) is 4.27. The Morgan fingerprint density at radius 1 is 1.05 bits per heavy atom. The molecule has 41 heavy (non-hydrogen) atoms. The largest absolute Gasteiger partial charge is 0.444 e. The van der Waals surface area contributed by atoms with Gasteiger partial charge in [0, 0.05) is 68.8 Å². The fraction of sp³-hybridized carbons (Fsp3) is 0.367. The first-order chi connectivity index (χ1) is 19.7. The number of nitrogens with zero attached hydrogens (tertiary/aromatic N) is 9. The summed E-state index contributed by atoms with van der Waals surface area (Å²) in [6.45, 7) is 11.3. The van der Waals surface area contributed by atoms with Gasteiger partial charge in [-0.25, -0.2) is 14.5 Å². The summed E-state index contributed by atoms with van der Waals surface area (Å²) < 4.78 is 11.5. The number of fused-ring (bicyclic) bond motifs is 1. The molecule has 0 saturated carbocycles. The number of ether oxygens (including phenoxy) is 1. The van der Waals surface area contributed by atoms with E-state index in [0.717, 1.165) is 47.9 Å². The van der Waals surface area contributed by atoms with Gasteiger partial charge in [-0.2, -0.15) is 0 Å². The average molecular weight is 554 g/mol. The summed E-state index contributed by atoms with van der Waals surface area (Å²) in [4.78, 5) is 25.9. The number of rotatable bonds is 6. The molecule has 212 valence electrons. The van der Waals surface area contributed by atoms with Crippen LogP contribution < -0.4 is 0 Å². The van der Waals surface area contributed by atoms with Gasteiger partial charge < -0.3 is 18.6 Å². The molecule has 11 heteroatoms. The molecule has 0 aliphatic carbocycles. The van der Waals surface area contributed by atoms with E-state index in [0.29, 0.717) is 13.1 Å². The van der Waals surface area contributed by atoms with Crippen molar-refractivity contribution in [3.63, 3.8) is 0 Å². The quantitative estimate of drug-likeness (QED) is 0.310. The lowest BCUT2D eigenvalue weighted by atomic mass is 10.1. The van der Waals surface area contributed by atoms with Crippen molar-refractivity contribution in [2.45, 2.75) is 52.4 Å². The molecular formula is C30H35N9O2. The molecule has 1 saturated heterocycles. The molecule has 0 aromatic carbocycles. The van der Waals surface area contributed by atoms with E-state index in [1.165, 1.54) is 5.56 Å². The summed E-state index contributed by atoms with van der Waals surface area (Å²) in [5, 5.41) is 8.70. The molecule has 0 spiro atoms. The Hall–Kier alpha value is -4.51. The lowest BCUT2D eigenvalue weighted by Crippen LogP contribution is -2.54. The molecule has 1 aliphatic heterocycles. The first kappa shape index (κ1) is 26.7. The second-order valence-corrected chi connectivity index (χ2v) is 11.6. The maximum atomic E-state index is 12.6. The van der Waals surface area contributed by atoms with E-state index in [-0.39, 0.29) is 12.1 Å². The Balaban J connectivity index is 1.09. The molecule has 11 nitrogen and oxygen atoms in total. The van der Waals surface area contributed by atoms with Crippen molar-refractivity contribution >= 4 is 11.7 Å². The number of aromatic nitrogens is 7. The van der Waals surface area contributed by atoms with Crippen LogP contribution in [0.25, 0.3) is 22.6 Å². The van der Waals surface area contributed by atoms with Gasteiger partial charge in [0.2, 0.25) is 0 Å². The van der Waals surface area contributed by atoms with E-state index in [9.17, 15) is 4.79 Å². The van der Waals surface area contributed by atoms with Crippen molar-refractivity contribution in [3.05, 3.63) is 85.0 Å². The zero-order valence-electron chi connectivity index (χ0n) is 23.9. The number of hydrogen-bond acceptors (Lipinski definition) is 7. The van der Waals surface area contributed by atoms with Crippen molar-refractivity contribution in [1.29, 1.82) is 0 Å². The molecule has 6 rings (SSSR count). The van der Waals surface area contributed by atoms with Crippen molar-refractivity contribution in [2.75, 3.05) is 19.6 Å². The van der Waals surface area contributed by atoms with Crippen LogP contribution in [-0.4, -0.2) is 81.1 Å². The number of carbonyl (C=O) groups excluding carboxylic acids is 1. The molecule has 0 radical (unpaired) electrons. The molecule has 5 aromatic heterocycles. The number of piperazine rings is 1.